The number of phenols is 1. The van der Waals surface area contributed by atoms with Crippen LogP contribution in [0, 0.1) is 0 Å². The first kappa shape index (κ1) is 10.7. The zero-order valence-corrected chi connectivity index (χ0v) is 9.69. The van der Waals surface area contributed by atoms with Gasteiger partial charge in [0.2, 0.25) is 0 Å². The number of ketones is 1. The first-order chi connectivity index (χ1) is 7.50. The van der Waals surface area contributed by atoms with E-state index in [-0.39, 0.29) is 17.6 Å². The first-order valence-corrected chi connectivity index (χ1v) is 5.35. The van der Waals surface area contributed by atoms with Crippen LogP contribution in [0.5, 0.6) is 5.75 Å². The van der Waals surface area contributed by atoms with Gasteiger partial charge in [0.05, 0.1) is 5.69 Å². The van der Waals surface area contributed by atoms with Crippen LogP contribution in [0.3, 0.4) is 0 Å². The fourth-order valence-electron chi connectivity index (χ4n) is 2.05. The van der Waals surface area contributed by atoms with Gasteiger partial charge >= 0.3 is 0 Å². The van der Waals surface area contributed by atoms with Crippen LogP contribution in [0.1, 0.15) is 37.3 Å². The fourth-order valence-corrected chi connectivity index (χ4v) is 2.05. The average Bonchev–Trinajstić information content (AvgIpc) is 2.55. The molecule has 0 aliphatic rings. The van der Waals surface area contributed by atoms with Gasteiger partial charge in [0.1, 0.15) is 5.75 Å². The van der Waals surface area contributed by atoms with Crippen molar-refractivity contribution < 1.29 is 9.90 Å². The van der Waals surface area contributed by atoms with E-state index in [1.54, 1.807) is 19.1 Å². The Labute approximate surface area is 94.3 Å². The van der Waals surface area contributed by atoms with Crippen molar-refractivity contribution in [2.45, 2.75) is 26.8 Å². The highest BCUT2D eigenvalue weighted by Gasteiger charge is 2.14. The molecule has 0 fully saturated rings. The molecule has 1 N–H and O–H groups in total. The van der Waals surface area contributed by atoms with Crippen LogP contribution in [-0.2, 0) is 0 Å². The van der Waals surface area contributed by atoms with Crippen molar-refractivity contribution in [1.29, 1.82) is 0 Å². The molecule has 0 saturated carbocycles. The minimum atomic E-state index is 0.0457. The van der Waals surface area contributed by atoms with E-state index in [4.69, 9.17) is 0 Å². The number of nitrogens with zero attached hydrogens (tertiary/aromatic N) is 1. The second-order valence-corrected chi connectivity index (χ2v) is 4.29. The minimum absolute atomic E-state index is 0.0457. The number of phenolic OH excluding ortho intramolecular Hbond substituents is 1. The standard InChI is InChI=1S/C13H15NO2/c1-8(2)14-12-5-4-11(16)6-10(12)7-13(14)9(3)15/h4-8,16H,1-3H3. The number of carbonyl (C=O) groups excluding carboxylic acids is 1. The molecule has 1 aromatic carbocycles. The number of aromatic nitrogens is 1. The molecule has 1 aromatic heterocycles. The molecular formula is C13H15NO2. The van der Waals surface area contributed by atoms with Crippen molar-refractivity contribution in [3.05, 3.63) is 30.0 Å². The molecule has 0 radical (unpaired) electrons. The number of benzene rings is 1. The first-order valence-electron chi connectivity index (χ1n) is 5.35. The molecule has 2 aromatic rings. The summed E-state index contributed by atoms with van der Waals surface area (Å²) in [4.78, 5) is 11.5. The molecule has 0 saturated heterocycles. The number of rotatable bonds is 2. The molecule has 1 heterocycles. The molecule has 3 heteroatoms. The molecular weight excluding hydrogens is 202 g/mol. The lowest BCUT2D eigenvalue weighted by Crippen LogP contribution is -2.08. The number of carbonyl (C=O) groups is 1. The second kappa shape index (κ2) is 3.67. The van der Waals surface area contributed by atoms with Crippen LogP contribution in [0.2, 0.25) is 0 Å². The van der Waals surface area contributed by atoms with Gasteiger partial charge in [0, 0.05) is 23.9 Å². The molecule has 16 heavy (non-hydrogen) atoms. The van der Waals surface area contributed by atoms with Crippen LogP contribution in [0.4, 0.5) is 0 Å². The molecule has 0 unspecified atom stereocenters. The van der Waals surface area contributed by atoms with Crippen LogP contribution < -0.4 is 0 Å². The normalized spacial score (nSPS) is 11.2. The molecule has 0 aliphatic heterocycles. The zero-order chi connectivity index (χ0) is 11.9. The summed E-state index contributed by atoms with van der Waals surface area (Å²) < 4.78 is 2.00. The van der Waals surface area contributed by atoms with Gasteiger partial charge in [0.25, 0.3) is 0 Å². The average molecular weight is 217 g/mol. The Kier molecular flexibility index (Phi) is 2.46. The number of hydrogen-bond acceptors (Lipinski definition) is 2. The van der Waals surface area contributed by atoms with Gasteiger partial charge in [0.15, 0.2) is 5.78 Å². The summed E-state index contributed by atoms with van der Waals surface area (Å²) in [5, 5.41) is 10.3. The molecule has 3 nitrogen and oxygen atoms in total. The van der Waals surface area contributed by atoms with Gasteiger partial charge in [-0.15, -0.1) is 0 Å². The number of fused-ring (bicyclic) bond motifs is 1. The van der Waals surface area contributed by atoms with Crippen molar-refractivity contribution in [3.8, 4) is 5.75 Å². The Morgan fingerprint density at radius 1 is 1.31 bits per heavy atom. The molecule has 0 bridgehead atoms. The third-order valence-corrected chi connectivity index (χ3v) is 2.70. The third-order valence-electron chi connectivity index (χ3n) is 2.70. The van der Waals surface area contributed by atoms with Gasteiger partial charge in [-0.3, -0.25) is 4.79 Å². The lowest BCUT2D eigenvalue weighted by molar-refractivity contribution is 0.100. The van der Waals surface area contributed by atoms with Crippen molar-refractivity contribution in [2.24, 2.45) is 0 Å². The maximum absolute atomic E-state index is 11.5. The molecule has 0 aliphatic carbocycles. The summed E-state index contributed by atoms with van der Waals surface area (Å²) in [6.07, 6.45) is 0. The van der Waals surface area contributed by atoms with E-state index < -0.39 is 0 Å². The van der Waals surface area contributed by atoms with Gasteiger partial charge in [-0.2, -0.15) is 0 Å². The number of Topliss-reactive ketones (excluding diaryl/α,β-unsaturated/α-hetero) is 1. The second-order valence-electron chi connectivity index (χ2n) is 4.29. The van der Waals surface area contributed by atoms with Gasteiger partial charge in [-0.25, -0.2) is 0 Å². The number of aromatic hydroxyl groups is 1. The highest BCUT2D eigenvalue weighted by Crippen LogP contribution is 2.27. The van der Waals surface area contributed by atoms with Crippen molar-refractivity contribution in [3.63, 3.8) is 0 Å². The predicted molar refractivity (Wildman–Crippen MR) is 64.0 cm³/mol. The SMILES string of the molecule is CC(=O)c1cc2cc(O)ccc2n1C(C)C. The molecule has 2 rings (SSSR count). The van der Waals surface area contributed by atoms with E-state index in [1.165, 1.54) is 0 Å². The van der Waals surface area contributed by atoms with E-state index in [1.807, 2.05) is 30.5 Å². The maximum atomic E-state index is 11.5. The molecule has 84 valence electrons. The van der Waals surface area contributed by atoms with Crippen LogP contribution >= 0.6 is 0 Å². The largest absolute Gasteiger partial charge is 0.508 e. The summed E-state index contributed by atoms with van der Waals surface area (Å²) in [5.74, 6) is 0.271. The topological polar surface area (TPSA) is 42.2 Å². The summed E-state index contributed by atoms with van der Waals surface area (Å²) in [6, 6.07) is 7.22. The Hall–Kier alpha value is -1.77. The highest BCUT2D eigenvalue weighted by atomic mass is 16.3. The minimum Gasteiger partial charge on any atom is -0.508 e. The van der Waals surface area contributed by atoms with E-state index in [2.05, 4.69) is 0 Å². The maximum Gasteiger partial charge on any atom is 0.176 e. The van der Waals surface area contributed by atoms with Crippen LogP contribution in [0.25, 0.3) is 10.9 Å². The lowest BCUT2D eigenvalue weighted by Gasteiger charge is -2.12. The fraction of sp³-hybridized carbons (Fsp3) is 0.308. The Morgan fingerprint density at radius 3 is 2.56 bits per heavy atom. The van der Waals surface area contributed by atoms with Gasteiger partial charge < -0.3 is 9.67 Å². The Balaban J connectivity index is 2.81. The van der Waals surface area contributed by atoms with Gasteiger partial charge in [-0.05, 0) is 38.1 Å². The summed E-state index contributed by atoms with van der Waals surface area (Å²) >= 11 is 0. The predicted octanol–water partition coefficient (Wildman–Crippen LogP) is 3.13. The third kappa shape index (κ3) is 1.58. The van der Waals surface area contributed by atoms with E-state index >= 15 is 0 Å². The highest BCUT2D eigenvalue weighted by molar-refractivity contribution is 5.99. The zero-order valence-electron chi connectivity index (χ0n) is 9.69. The van der Waals surface area contributed by atoms with E-state index in [0.717, 1.165) is 10.9 Å². The summed E-state index contributed by atoms with van der Waals surface area (Å²) in [5.41, 5.74) is 1.67. The molecule has 0 amide bonds. The molecule has 0 atom stereocenters. The summed E-state index contributed by atoms with van der Waals surface area (Å²) in [7, 11) is 0. The summed E-state index contributed by atoms with van der Waals surface area (Å²) in [6.45, 7) is 5.64. The lowest BCUT2D eigenvalue weighted by atomic mass is 10.2. The Morgan fingerprint density at radius 2 is 2.00 bits per heavy atom. The van der Waals surface area contributed by atoms with E-state index in [0.29, 0.717) is 5.69 Å². The van der Waals surface area contributed by atoms with Crippen molar-refractivity contribution >= 4 is 16.7 Å². The monoisotopic (exact) mass is 217 g/mol. The van der Waals surface area contributed by atoms with E-state index in [9.17, 15) is 9.90 Å². The van der Waals surface area contributed by atoms with Crippen molar-refractivity contribution in [2.75, 3.05) is 0 Å². The number of hydrogen-bond donors (Lipinski definition) is 1. The van der Waals surface area contributed by atoms with Crippen LogP contribution in [-0.4, -0.2) is 15.5 Å². The van der Waals surface area contributed by atoms with Gasteiger partial charge in [-0.1, -0.05) is 0 Å². The smallest absolute Gasteiger partial charge is 0.176 e. The quantitative estimate of drug-likeness (QED) is 0.785. The van der Waals surface area contributed by atoms with Crippen molar-refractivity contribution in [1.82, 2.24) is 4.57 Å². The molecule has 0 spiro atoms. The van der Waals surface area contributed by atoms with Crippen LogP contribution in [0.15, 0.2) is 24.3 Å². The Bertz CT molecular complexity index is 552.